The number of halogens is 2. The van der Waals surface area contributed by atoms with Crippen molar-refractivity contribution in [1.82, 2.24) is 20.6 Å². The summed E-state index contributed by atoms with van der Waals surface area (Å²) in [5.74, 6) is -0.944. The molecule has 0 spiro atoms. The van der Waals surface area contributed by atoms with Gasteiger partial charge in [-0.25, -0.2) is 18.7 Å². The minimum absolute atomic E-state index is 0.0221. The lowest BCUT2D eigenvalue weighted by Crippen LogP contribution is -2.49. The van der Waals surface area contributed by atoms with Gasteiger partial charge in [0.15, 0.2) is 13.2 Å². The molecule has 1 fully saturated rings. The van der Waals surface area contributed by atoms with E-state index >= 15 is 0 Å². The summed E-state index contributed by atoms with van der Waals surface area (Å²) in [5, 5.41) is 5.57. The number of carbonyl (C=O) groups excluding carboxylic acids is 2. The predicted octanol–water partition coefficient (Wildman–Crippen LogP) is 1.22. The van der Waals surface area contributed by atoms with Gasteiger partial charge < -0.3 is 20.1 Å². The first-order valence-electron chi connectivity index (χ1n) is 9.02. The zero-order chi connectivity index (χ0) is 20.6. The Balaban J connectivity index is 1.25. The second-order valence-electron chi connectivity index (χ2n) is 6.61. The molecule has 10 heteroatoms. The number of pyridine rings is 2. The van der Waals surface area contributed by atoms with E-state index in [1.807, 2.05) is 0 Å². The Morgan fingerprint density at radius 3 is 2.00 bits per heavy atom. The summed E-state index contributed by atoms with van der Waals surface area (Å²) < 4.78 is 35.8. The SMILES string of the molecule is O=C(COc1ccc(F)cn1)NCC1CC(NC(=O)COc2ccc(F)cn2)C1. The molecule has 0 aromatic carbocycles. The van der Waals surface area contributed by atoms with Crippen molar-refractivity contribution >= 4 is 11.8 Å². The van der Waals surface area contributed by atoms with Crippen LogP contribution in [0.4, 0.5) is 8.78 Å². The maximum atomic E-state index is 12.7. The number of carbonyl (C=O) groups is 2. The van der Waals surface area contributed by atoms with Gasteiger partial charge in [0.2, 0.25) is 11.8 Å². The van der Waals surface area contributed by atoms with Crippen LogP contribution >= 0.6 is 0 Å². The van der Waals surface area contributed by atoms with E-state index in [1.165, 1.54) is 24.3 Å². The molecule has 1 saturated carbocycles. The molecule has 29 heavy (non-hydrogen) atoms. The second-order valence-corrected chi connectivity index (χ2v) is 6.61. The quantitative estimate of drug-likeness (QED) is 0.649. The Labute approximate surface area is 165 Å². The van der Waals surface area contributed by atoms with Crippen LogP contribution in [0.1, 0.15) is 12.8 Å². The maximum Gasteiger partial charge on any atom is 0.258 e. The van der Waals surface area contributed by atoms with Crippen molar-refractivity contribution in [3.8, 4) is 11.8 Å². The molecule has 2 aromatic heterocycles. The molecule has 2 heterocycles. The van der Waals surface area contributed by atoms with Crippen LogP contribution in [-0.2, 0) is 9.59 Å². The van der Waals surface area contributed by atoms with Gasteiger partial charge in [0.1, 0.15) is 11.6 Å². The van der Waals surface area contributed by atoms with Crippen LogP contribution in [0.2, 0.25) is 0 Å². The third kappa shape index (κ3) is 6.66. The van der Waals surface area contributed by atoms with Crippen molar-refractivity contribution in [1.29, 1.82) is 0 Å². The highest BCUT2D eigenvalue weighted by atomic mass is 19.1. The van der Waals surface area contributed by atoms with E-state index in [0.29, 0.717) is 6.54 Å². The van der Waals surface area contributed by atoms with Crippen LogP contribution in [0.5, 0.6) is 11.8 Å². The molecule has 2 N–H and O–H groups in total. The number of aromatic nitrogens is 2. The average molecular weight is 406 g/mol. The van der Waals surface area contributed by atoms with Gasteiger partial charge in [-0.05, 0) is 30.9 Å². The lowest BCUT2D eigenvalue weighted by Gasteiger charge is -2.35. The molecule has 0 saturated heterocycles. The van der Waals surface area contributed by atoms with Crippen molar-refractivity contribution in [3.63, 3.8) is 0 Å². The largest absolute Gasteiger partial charge is 0.468 e. The summed E-state index contributed by atoms with van der Waals surface area (Å²) in [6, 6.07) is 5.11. The van der Waals surface area contributed by atoms with E-state index in [0.717, 1.165) is 25.2 Å². The summed E-state index contributed by atoms with van der Waals surface area (Å²) in [6.07, 6.45) is 3.50. The standard InChI is InChI=1S/C19H20F2N4O4/c20-13-1-3-18(23-8-13)28-10-16(26)22-7-12-5-15(6-12)25-17(27)11-29-19-4-2-14(21)9-24-19/h1-4,8-9,12,15H,5-7,10-11H2,(H,22,26)(H,25,27). The Morgan fingerprint density at radius 1 is 0.931 bits per heavy atom. The minimum Gasteiger partial charge on any atom is -0.468 e. The number of amides is 2. The molecule has 3 rings (SSSR count). The fourth-order valence-electron chi connectivity index (χ4n) is 2.77. The molecule has 0 atom stereocenters. The van der Waals surface area contributed by atoms with Gasteiger partial charge in [0.25, 0.3) is 11.8 Å². The lowest BCUT2D eigenvalue weighted by molar-refractivity contribution is -0.126. The highest BCUT2D eigenvalue weighted by molar-refractivity contribution is 5.78. The van der Waals surface area contributed by atoms with Gasteiger partial charge in [0.05, 0.1) is 12.4 Å². The highest BCUT2D eigenvalue weighted by Gasteiger charge is 2.30. The number of hydrogen-bond acceptors (Lipinski definition) is 6. The predicted molar refractivity (Wildman–Crippen MR) is 97.0 cm³/mol. The van der Waals surface area contributed by atoms with E-state index in [2.05, 4.69) is 20.6 Å². The summed E-state index contributed by atoms with van der Waals surface area (Å²) in [7, 11) is 0. The van der Waals surface area contributed by atoms with E-state index in [-0.39, 0.29) is 48.7 Å². The molecule has 0 radical (unpaired) electrons. The first kappa shape index (κ1) is 20.4. The summed E-state index contributed by atoms with van der Waals surface area (Å²) in [4.78, 5) is 31.0. The van der Waals surface area contributed by atoms with Crippen molar-refractivity contribution in [2.45, 2.75) is 18.9 Å². The van der Waals surface area contributed by atoms with Gasteiger partial charge in [0, 0.05) is 24.7 Å². The molecule has 0 unspecified atom stereocenters. The summed E-state index contributed by atoms with van der Waals surface area (Å²) in [5.41, 5.74) is 0. The fourth-order valence-corrected chi connectivity index (χ4v) is 2.77. The molecular weight excluding hydrogens is 386 g/mol. The number of rotatable bonds is 9. The van der Waals surface area contributed by atoms with Crippen molar-refractivity contribution in [3.05, 3.63) is 48.3 Å². The van der Waals surface area contributed by atoms with Crippen LogP contribution in [0.25, 0.3) is 0 Å². The van der Waals surface area contributed by atoms with Gasteiger partial charge >= 0.3 is 0 Å². The summed E-state index contributed by atoms with van der Waals surface area (Å²) in [6.45, 7) is 0.0625. The number of nitrogens with one attached hydrogen (secondary N) is 2. The van der Waals surface area contributed by atoms with E-state index in [4.69, 9.17) is 9.47 Å². The van der Waals surface area contributed by atoms with E-state index < -0.39 is 11.6 Å². The lowest BCUT2D eigenvalue weighted by atomic mass is 9.80. The Kier molecular flexibility index (Phi) is 6.88. The summed E-state index contributed by atoms with van der Waals surface area (Å²) >= 11 is 0. The minimum atomic E-state index is -0.480. The van der Waals surface area contributed by atoms with Crippen LogP contribution in [0.3, 0.4) is 0 Å². The van der Waals surface area contributed by atoms with Crippen LogP contribution in [-0.4, -0.2) is 47.6 Å². The third-order valence-corrected chi connectivity index (χ3v) is 4.29. The molecule has 0 aliphatic heterocycles. The first-order valence-corrected chi connectivity index (χ1v) is 9.02. The van der Waals surface area contributed by atoms with Crippen LogP contribution in [0, 0.1) is 17.6 Å². The topological polar surface area (TPSA) is 102 Å². The van der Waals surface area contributed by atoms with E-state index in [1.54, 1.807) is 0 Å². The molecule has 8 nitrogen and oxygen atoms in total. The fraction of sp³-hybridized carbons (Fsp3) is 0.368. The number of nitrogens with zero attached hydrogens (tertiary/aromatic N) is 2. The molecule has 154 valence electrons. The van der Waals surface area contributed by atoms with E-state index in [9.17, 15) is 18.4 Å². The number of ether oxygens (including phenoxy) is 2. The Bertz CT molecular complexity index is 827. The smallest absolute Gasteiger partial charge is 0.258 e. The second kappa shape index (κ2) is 9.76. The highest BCUT2D eigenvalue weighted by Crippen LogP contribution is 2.26. The number of hydrogen-bond donors (Lipinski definition) is 2. The Morgan fingerprint density at radius 2 is 1.48 bits per heavy atom. The van der Waals surface area contributed by atoms with Crippen molar-refractivity contribution < 1.29 is 27.8 Å². The molecule has 1 aliphatic carbocycles. The van der Waals surface area contributed by atoms with Gasteiger partial charge in [-0.15, -0.1) is 0 Å². The first-order chi connectivity index (χ1) is 14.0. The molecule has 0 bridgehead atoms. The third-order valence-electron chi connectivity index (χ3n) is 4.29. The van der Waals surface area contributed by atoms with Crippen LogP contribution < -0.4 is 20.1 Å². The Hall–Kier alpha value is -3.30. The normalized spacial score (nSPS) is 17.7. The van der Waals surface area contributed by atoms with Gasteiger partial charge in [-0.1, -0.05) is 0 Å². The zero-order valence-corrected chi connectivity index (χ0v) is 15.4. The molecule has 2 amide bonds. The maximum absolute atomic E-state index is 12.7. The van der Waals surface area contributed by atoms with Gasteiger partial charge in [-0.3, -0.25) is 9.59 Å². The monoisotopic (exact) mass is 406 g/mol. The van der Waals surface area contributed by atoms with Crippen molar-refractivity contribution in [2.24, 2.45) is 5.92 Å². The van der Waals surface area contributed by atoms with Gasteiger partial charge in [-0.2, -0.15) is 0 Å². The zero-order valence-electron chi connectivity index (χ0n) is 15.4. The average Bonchev–Trinajstić information content (AvgIpc) is 2.68. The molecule has 1 aliphatic rings. The van der Waals surface area contributed by atoms with Crippen molar-refractivity contribution in [2.75, 3.05) is 19.8 Å². The molecule has 2 aromatic rings. The molecular formula is C19H20F2N4O4. The van der Waals surface area contributed by atoms with Crippen LogP contribution in [0.15, 0.2) is 36.7 Å².